The van der Waals surface area contributed by atoms with Gasteiger partial charge in [0.1, 0.15) is 18.1 Å². The normalized spacial score (nSPS) is 12.9. The summed E-state index contributed by atoms with van der Waals surface area (Å²) in [4.78, 5) is 0.819. The molecule has 0 unspecified atom stereocenters. The average Bonchev–Trinajstić information content (AvgIpc) is 2.73. The first kappa shape index (κ1) is 25.8. The summed E-state index contributed by atoms with van der Waals surface area (Å²) in [5, 5.41) is 0. The van der Waals surface area contributed by atoms with E-state index < -0.39 is 25.9 Å². The van der Waals surface area contributed by atoms with E-state index in [1.54, 1.807) is 30.3 Å². The molecule has 0 amide bonds. The number of halogens is 6. The van der Waals surface area contributed by atoms with E-state index in [2.05, 4.69) is 4.74 Å². The fourth-order valence-electron chi connectivity index (χ4n) is 2.96. The van der Waals surface area contributed by atoms with Crippen LogP contribution in [0.5, 0.6) is 11.5 Å². The van der Waals surface area contributed by atoms with Crippen LogP contribution in [0, 0.1) is 0 Å². The van der Waals surface area contributed by atoms with E-state index in [4.69, 9.17) is 9.47 Å². The lowest BCUT2D eigenvalue weighted by atomic mass is 10.0. The number of benzene rings is 2. The van der Waals surface area contributed by atoms with Crippen LogP contribution in [-0.4, -0.2) is 51.0 Å². The van der Waals surface area contributed by atoms with Crippen molar-refractivity contribution in [2.45, 2.75) is 38.3 Å². The predicted molar refractivity (Wildman–Crippen MR) is 107 cm³/mol. The monoisotopic (exact) mass is 465 g/mol. The van der Waals surface area contributed by atoms with Crippen LogP contribution in [0.15, 0.2) is 48.5 Å². The van der Waals surface area contributed by atoms with Crippen LogP contribution in [0.4, 0.5) is 26.3 Å². The Bertz CT molecular complexity index is 818. The van der Waals surface area contributed by atoms with Gasteiger partial charge in [-0.1, -0.05) is 30.3 Å². The van der Waals surface area contributed by atoms with Crippen molar-refractivity contribution in [3.63, 3.8) is 0 Å². The largest absolute Gasteiger partial charge is 0.573 e. The van der Waals surface area contributed by atoms with Gasteiger partial charge in [0, 0.05) is 6.54 Å². The summed E-state index contributed by atoms with van der Waals surface area (Å²) in [6.07, 6.45) is -4.43. The highest BCUT2D eigenvalue weighted by Crippen LogP contribution is 2.25. The summed E-state index contributed by atoms with van der Waals surface area (Å²) in [5.74, 6) is 0.212. The smallest absolute Gasteiger partial charge is 0.491 e. The fourth-order valence-corrected chi connectivity index (χ4v) is 2.96. The van der Waals surface area contributed by atoms with E-state index >= 15 is 0 Å². The van der Waals surface area contributed by atoms with E-state index in [1.165, 1.54) is 25.2 Å². The molecule has 0 bridgehead atoms. The van der Waals surface area contributed by atoms with Gasteiger partial charge in [-0.2, -0.15) is 8.78 Å². The molecule has 0 saturated heterocycles. The van der Waals surface area contributed by atoms with Crippen molar-refractivity contribution in [2.75, 3.05) is 27.1 Å². The average molecular weight is 465 g/mol. The lowest BCUT2D eigenvalue weighted by Gasteiger charge is -2.21. The van der Waals surface area contributed by atoms with Gasteiger partial charge in [-0.25, -0.2) is 4.39 Å². The summed E-state index contributed by atoms with van der Waals surface area (Å²) in [5.41, 5.74) is 1.44. The highest BCUT2D eigenvalue weighted by Gasteiger charge is 2.31. The van der Waals surface area contributed by atoms with Crippen LogP contribution < -0.4 is 9.47 Å². The number of ether oxygens (including phenoxy) is 3. The van der Waals surface area contributed by atoms with Gasteiger partial charge in [0.05, 0.1) is 6.10 Å². The fraction of sp³-hybridized carbons (Fsp3) is 0.455. The molecule has 0 radical (unpaired) electrons. The highest BCUT2D eigenvalue weighted by atomic mass is 19.4. The molecule has 0 heterocycles. The quantitative estimate of drug-likeness (QED) is 0.284. The van der Waals surface area contributed by atoms with E-state index in [0.717, 1.165) is 10.5 Å². The number of para-hydroxylation sites is 1. The van der Waals surface area contributed by atoms with Crippen LogP contribution >= 0.6 is 0 Å². The van der Waals surface area contributed by atoms with Crippen LogP contribution in [0.25, 0.3) is 0 Å². The van der Waals surface area contributed by atoms with Crippen LogP contribution in [0.1, 0.15) is 17.5 Å². The molecule has 178 valence electrons. The van der Waals surface area contributed by atoms with E-state index in [1.807, 2.05) is 0 Å². The third-order valence-electron chi connectivity index (χ3n) is 4.65. The summed E-state index contributed by atoms with van der Waals surface area (Å²) in [7, 11) is 1.25. The first-order chi connectivity index (χ1) is 15.2. The molecule has 1 atom stereocenters. The predicted octanol–water partition coefficient (Wildman–Crippen LogP) is 5.61. The minimum Gasteiger partial charge on any atom is -0.491 e. The van der Waals surface area contributed by atoms with Gasteiger partial charge in [0.25, 0.3) is 6.55 Å². The molecule has 0 spiro atoms. The van der Waals surface area contributed by atoms with E-state index in [0.29, 0.717) is 24.2 Å². The molecule has 0 aliphatic rings. The van der Waals surface area contributed by atoms with Gasteiger partial charge in [-0.3, -0.25) is 4.90 Å². The van der Waals surface area contributed by atoms with Gasteiger partial charge < -0.3 is 14.2 Å². The molecule has 2 aromatic carbocycles. The number of hydrogen-bond acceptors (Lipinski definition) is 4. The summed E-state index contributed by atoms with van der Waals surface area (Å²) < 4.78 is 89.7. The maximum Gasteiger partial charge on any atom is 0.573 e. The summed E-state index contributed by atoms with van der Waals surface area (Å²) in [6, 6.07) is 12.8. The van der Waals surface area contributed by atoms with Gasteiger partial charge >= 0.3 is 6.36 Å². The molecule has 0 aliphatic heterocycles. The Morgan fingerprint density at radius 1 is 1.00 bits per heavy atom. The Kier molecular flexibility index (Phi) is 10.1. The Labute approximate surface area is 182 Å². The molecule has 0 fully saturated rings. The number of rotatable bonds is 13. The molecule has 0 N–H and O–H groups in total. The number of aryl methyl sites for hydroxylation is 2. The zero-order valence-corrected chi connectivity index (χ0v) is 17.5. The zero-order chi connectivity index (χ0) is 23.6. The molecule has 0 aromatic heterocycles. The maximum atomic E-state index is 12.7. The van der Waals surface area contributed by atoms with Gasteiger partial charge in [0.2, 0.25) is 0 Å². The van der Waals surface area contributed by atoms with Crippen LogP contribution in [0.2, 0.25) is 0 Å². The van der Waals surface area contributed by atoms with Crippen LogP contribution in [0.3, 0.4) is 0 Å². The minimum absolute atomic E-state index is 0.00365. The molecular formula is C22H25F6NO3. The van der Waals surface area contributed by atoms with Crippen LogP contribution in [-0.2, 0) is 17.6 Å². The lowest BCUT2D eigenvalue weighted by molar-refractivity contribution is -0.274. The third-order valence-corrected chi connectivity index (χ3v) is 4.65. The minimum atomic E-state index is -4.76. The molecule has 2 rings (SSSR count). The second-order valence-corrected chi connectivity index (χ2v) is 7.06. The van der Waals surface area contributed by atoms with Gasteiger partial charge in [0.15, 0.2) is 6.86 Å². The number of alkyl halides is 6. The topological polar surface area (TPSA) is 30.9 Å². The Balaban J connectivity index is 1.96. The molecule has 2 aromatic rings. The Morgan fingerprint density at radius 3 is 2.44 bits per heavy atom. The lowest BCUT2D eigenvalue weighted by Crippen LogP contribution is -2.31. The van der Waals surface area contributed by atoms with E-state index in [-0.39, 0.29) is 25.3 Å². The van der Waals surface area contributed by atoms with Crippen molar-refractivity contribution in [1.29, 1.82) is 0 Å². The molecule has 0 aliphatic carbocycles. The second-order valence-electron chi connectivity index (χ2n) is 7.06. The Hall–Kier alpha value is -2.46. The number of nitrogens with zero attached hydrogens (tertiary/aromatic N) is 1. The first-order valence-corrected chi connectivity index (χ1v) is 9.89. The maximum absolute atomic E-state index is 12.7. The second kappa shape index (κ2) is 12.5. The number of hydrogen-bond donors (Lipinski definition) is 0. The van der Waals surface area contributed by atoms with Crippen molar-refractivity contribution in [2.24, 2.45) is 0 Å². The van der Waals surface area contributed by atoms with Gasteiger partial charge in [-0.15, -0.1) is 13.2 Å². The first-order valence-electron chi connectivity index (χ1n) is 9.89. The standard InChI is InChI=1S/C22H25F6NO3/c1-29(21(24)25)12-11-19(31-15-23)14-30-20-8-3-2-6-17(20)10-9-16-5-4-7-18(13-16)32-22(26,27)28/h2-8,13,19,21H,9-12,14-15H2,1H3/t19-/m1/s1. The van der Waals surface area contributed by atoms with Crippen molar-refractivity contribution >= 4 is 0 Å². The van der Waals surface area contributed by atoms with Gasteiger partial charge in [-0.05, 0) is 55.6 Å². The summed E-state index contributed by atoms with van der Waals surface area (Å²) in [6.45, 7) is -3.72. The van der Waals surface area contributed by atoms with Crippen molar-refractivity contribution in [3.8, 4) is 11.5 Å². The highest BCUT2D eigenvalue weighted by molar-refractivity contribution is 5.35. The van der Waals surface area contributed by atoms with E-state index in [9.17, 15) is 26.3 Å². The third kappa shape index (κ3) is 9.35. The zero-order valence-electron chi connectivity index (χ0n) is 17.5. The Morgan fingerprint density at radius 2 is 1.75 bits per heavy atom. The molecule has 10 heteroatoms. The van der Waals surface area contributed by atoms with Crippen molar-refractivity contribution in [1.82, 2.24) is 4.90 Å². The van der Waals surface area contributed by atoms with Crippen molar-refractivity contribution < 1.29 is 40.6 Å². The molecule has 0 saturated carbocycles. The molecular weight excluding hydrogens is 440 g/mol. The summed E-state index contributed by atoms with van der Waals surface area (Å²) >= 11 is 0. The van der Waals surface area contributed by atoms with Crippen molar-refractivity contribution in [3.05, 3.63) is 59.7 Å². The molecule has 32 heavy (non-hydrogen) atoms. The SMILES string of the molecule is CN(CC[C@H](COc1ccccc1CCc1cccc(OC(F)(F)F)c1)OCF)C(F)F. The molecule has 4 nitrogen and oxygen atoms in total.